The molecule has 0 heterocycles. The van der Waals surface area contributed by atoms with E-state index in [-0.39, 0.29) is 38.3 Å². The summed E-state index contributed by atoms with van der Waals surface area (Å²) in [4.78, 5) is 0. The van der Waals surface area contributed by atoms with Crippen molar-refractivity contribution in [3.8, 4) is 0 Å². The summed E-state index contributed by atoms with van der Waals surface area (Å²) in [5.41, 5.74) is 0. The summed E-state index contributed by atoms with van der Waals surface area (Å²) in [6.45, 7) is 0. The largest absolute Gasteiger partial charge is 0 e. The van der Waals surface area contributed by atoms with Crippen LogP contribution in [0.4, 0.5) is 0 Å². The van der Waals surface area contributed by atoms with Crippen LogP contribution in [-0.2, 0) is 40.3 Å². The van der Waals surface area contributed by atoms with E-state index in [4.69, 9.17) is 35.0 Å². The zero-order chi connectivity index (χ0) is 9.00. The van der Waals surface area contributed by atoms with Gasteiger partial charge in [0.25, 0.3) is 0 Å². The van der Waals surface area contributed by atoms with Crippen LogP contribution in [0.5, 0.6) is 0 Å². The Labute approximate surface area is 93.8 Å². The number of hydrogen-bond donors (Lipinski definition) is 4. The Hall–Kier alpha value is 0.961. The third-order valence-electron chi connectivity index (χ3n) is 0. The van der Waals surface area contributed by atoms with Crippen molar-refractivity contribution in [2.24, 2.45) is 0 Å². The van der Waals surface area contributed by atoms with Gasteiger partial charge in [-0.3, -0.25) is 18.2 Å². The van der Waals surface area contributed by atoms with Gasteiger partial charge in [-0.1, -0.05) is 0 Å². The van der Waals surface area contributed by atoms with E-state index in [0.717, 1.165) is 0 Å². The van der Waals surface area contributed by atoms with Crippen molar-refractivity contribution in [3.63, 3.8) is 0 Å². The molecule has 8 nitrogen and oxygen atoms in total. The summed E-state index contributed by atoms with van der Waals surface area (Å²) in [6, 6.07) is 0. The first kappa shape index (κ1) is 23.1. The monoisotopic (exact) mass is 268 g/mol. The van der Waals surface area contributed by atoms with Gasteiger partial charge in [0.15, 0.2) is 0 Å². The minimum absolute atomic E-state index is 0. The SMILES string of the molecule is O=S(=O)(O)O.O=S(=O)(O)O.[LiH].[Zn]. The molecule has 0 radical (unpaired) electrons. The zero-order valence-corrected chi connectivity index (χ0v) is 9.55. The van der Waals surface area contributed by atoms with Gasteiger partial charge in [0.05, 0.1) is 0 Å². The molecule has 4 N–H and O–H groups in total. The summed E-state index contributed by atoms with van der Waals surface area (Å²) >= 11 is 0. The van der Waals surface area contributed by atoms with Crippen LogP contribution < -0.4 is 0 Å². The van der Waals surface area contributed by atoms with Gasteiger partial charge >= 0.3 is 39.7 Å². The molecule has 12 heteroatoms. The first-order chi connectivity index (χ1) is 4.00. The molecule has 0 aromatic carbocycles. The van der Waals surface area contributed by atoms with E-state index in [1.165, 1.54) is 0 Å². The fourth-order valence-electron chi connectivity index (χ4n) is 0. The van der Waals surface area contributed by atoms with Crippen molar-refractivity contribution in [2.75, 3.05) is 0 Å². The number of rotatable bonds is 0. The van der Waals surface area contributed by atoms with Crippen molar-refractivity contribution < 1.29 is 54.5 Å². The molecule has 0 bridgehead atoms. The predicted molar refractivity (Wildman–Crippen MR) is 35.5 cm³/mol. The van der Waals surface area contributed by atoms with Gasteiger partial charge < -0.3 is 0 Å². The van der Waals surface area contributed by atoms with Crippen LogP contribution in [0, 0.1) is 0 Å². The molecule has 0 unspecified atom stereocenters. The van der Waals surface area contributed by atoms with Crippen LogP contribution in [0.2, 0.25) is 0 Å². The Kier molecular flexibility index (Phi) is 16.5. The number of hydrogen-bond acceptors (Lipinski definition) is 4. The van der Waals surface area contributed by atoms with Crippen LogP contribution in [-0.4, -0.2) is 53.9 Å². The first-order valence-electron chi connectivity index (χ1n) is 1.40. The maximum absolute atomic E-state index is 8.74. The second-order valence-electron chi connectivity index (χ2n) is 0.896. The molecule has 0 aromatic heterocycles. The summed E-state index contributed by atoms with van der Waals surface area (Å²) in [7, 11) is -9.33. The third kappa shape index (κ3) is 1180. The fraction of sp³-hybridized carbons (Fsp3) is 0. The van der Waals surface area contributed by atoms with Crippen LogP contribution in [0.25, 0.3) is 0 Å². The summed E-state index contributed by atoms with van der Waals surface area (Å²) in [6.07, 6.45) is 0. The summed E-state index contributed by atoms with van der Waals surface area (Å²) < 4.78 is 63.2. The van der Waals surface area contributed by atoms with Crippen LogP contribution in [0.1, 0.15) is 0 Å². The van der Waals surface area contributed by atoms with Crippen LogP contribution in [0.15, 0.2) is 0 Å². The second kappa shape index (κ2) is 8.55. The van der Waals surface area contributed by atoms with E-state index in [2.05, 4.69) is 0 Å². The fourth-order valence-corrected chi connectivity index (χ4v) is 0. The smallest absolute Gasteiger partial charge is 0 e. The van der Waals surface area contributed by atoms with Crippen molar-refractivity contribution >= 4 is 39.7 Å². The van der Waals surface area contributed by atoms with E-state index in [0.29, 0.717) is 0 Å². The standard InChI is InChI=1S/Li.2H2O4S.Zn.H/c;2*1-5(2,3)4;;/h;2*(H2,1,2,3,4);;. The molecule has 0 fully saturated rings. The zero-order valence-electron chi connectivity index (χ0n) is 4.95. The molecule has 0 aliphatic carbocycles. The molecular formula is H5LiO8S2Zn. The van der Waals surface area contributed by atoms with E-state index in [1.54, 1.807) is 0 Å². The Morgan fingerprint density at radius 1 is 0.667 bits per heavy atom. The maximum atomic E-state index is 8.74. The molecule has 0 saturated heterocycles. The third-order valence-corrected chi connectivity index (χ3v) is 0. The molecule has 0 saturated carbocycles. The Balaban J connectivity index is -0.0000000457. The molecule has 68 valence electrons. The molecule has 0 amide bonds. The quantitative estimate of drug-likeness (QED) is 0.292. The van der Waals surface area contributed by atoms with Gasteiger partial charge in [-0.05, 0) is 0 Å². The Bertz CT molecular complexity index is 213. The minimum atomic E-state index is -4.67. The van der Waals surface area contributed by atoms with Crippen molar-refractivity contribution in [1.29, 1.82) is 0 Å². The van der Waals surface area contributed by atoms with Crippen LogP contribution >= 0.6 is 0 Å². The summed E-state index contributed by atoms with van der Waals surface area (Å²) in [5.74, 6) is 0. The first-order valence-corrected chi connectivity index (χ1v) is 4.19. The Morgan fingerprint density at radius 2 is 0.667 bits per heavy atom. The van der Waals surface area contributed by atoms with Gasteiger partial charge in [-0.15, -0.1) is 0 Å². The normalized spacial score (nSPS) is 9.67. The van der Waals surface area contributed by atoms with E-state index in [1.807, 2.05) is 0 Å². The molecule has 0 aliphatic rings. The summed E-state index contributed by atoms with van der Waals surface area (Å²) in [5, 5.41) is 0. The molecule has 0 aliphatic heterocycles. The van der Waals surface area contributed by atoms with E-state index in [9.17, 15) is 0 Å². The van der Waals surface area contributed by atoms with Crippen molar-refractivity contribution in [1.82, 2.24) is 0 Å². The van der Waals surface area contributed by atoms with Crippen LogP contribution in [0.3, 0.4) is 0 Å². The van der Waals surface area contributed by atoms with Gasteiger partial charge in [-0.25, -0.2) is 0 Å². The maximum Gasteiger partial charge on any atom is 0 e. The molecule has 0 aromatic rings. The van der Waals surface area contributed by atoms with Gasteiger partial charge in [0.1, 0.15) is 0 Å². The molecule has 12 heavy (non-hydrogen) atoms. The average Bonchev–Trinajstić information content (AvgIpc) is 1.12. The van der Waals surface area contributed by atoms with E-state index < -0.39 is 20.8 Å². The van der Waals surface area contributed by atoms with E-state index >= 15 is 0 Å². The van der Waals surface area contributed by atoms with Gasteiger partial charge in [0, 0.05) is 19.5 Å². The Morgan fingerprint density at radius 3 is 0.667 bits per heavy atom. The molecule has 0 atom stereocenters. The average molecular weight is 269 g/mol. The van der Waals surface area contributed by atoms with Crippen molar-refractivity contribution in [3.05, 3.63) is 0 Å². The second-order valence-corrected chi connectivity index (χ2v) is 2.69. The van der Waals surface area contributed by atoms with Crippen molar-refractivity contribution in [2.45, 2.75) is 0 Å². The minimum Gasteiger partial charge on any atom is 0 e. The topological polar surface area (TPSA) is 149 Å². The molecule has 0 spiro atoms. The molecule has 0 rings (SSSR count). The van der Waals surface area contributed by atoms with Gasteiger partial charge in [0.2, 0.25) is 0 Å². The predicted octanol–water partition coefficient (Wildman–Crippen LogP) is -1.96. The van der Waals surface area contributed by atoms with Gasteiger partial charge in [-0.2, -0.15) is 16.8 Å². The molecular weight excluding hydrogens is 264 g/mol.